The van der Waals surface area contributed by atoms with Crippen molar-refractivity contribution in [3.05, 3.63) is 80.9 Å². The standard InChI is InChI=1S/C29H33ClN6O2/c1-34-27(21-4-2-19(15-31)3-5-21)25-26(33-34)28(37)36(18-32-25)17-29(38)10-12-35(13-11-29)16-23-9-8-22(14-24(23)30)20-6-7-20/h2-5,8-9,14,18,20,38H,6-7,10-13,15-17,31H2,1H3. The van der Waals surface area contributed by atoms with Crippen LogP contribution in [-0.4, -0.2) is 48.0 Å². The van der Waals surface area contributed by atoms with Crippen molar-refractivity contribution in [3.8, 4) is 11.3 Å². The molecule has 0 bridgehead atoms. The topological polar surface area (TPSA) is 102 Å². The zero-order chi connectivity index (χ0) is 26.4. The highest BCUT2D eigenvalue weighted by Crippen LogP contribution is 2.41. The van der Waals surface area contributed by atoms with Crippen molar-refractivity contribution in [1.82, 2.24) is 24.2 Å². The number of piperidine rings is 1. The average molecular weight is 533 g/mol. The fourth-order valence-corrected chi connectivity index (χ4v) is 5.78. The molecule has 0 unspecified atom stereocenters. The first-order valence-electron chi connectivity index (χ1n) is 13.3. The molecular formula is C29H33ClN6O2. The first kappa shape index (κ1) is 25.2. The molecule has 0 amide bonds. The Morgan fingerprint density at radius 3 is 2.50 bits per heavy atom. The van der Waals surface area contributed by atoms with E-state index in [4.69, 9.17) is 17.3 Å². The van der Waals surface area contributed by atoms with Crippen LogP contribution in [0.5, 0.6) is 0 Å². The highest BCUT2D eigenvalue weighted by atomic mass is 35.5. The van der Waals surface area contributed by atoms with Gasteiger partial charge in [-0.2, -0.15) is 5.10 Å². The molecule has 2 aromatic carbocycles. The molecule has 1 aliphatic carbocycles. The van der Waals surface area contributed by atoms with Crippen LogP contribution >= 0.6 is 11.6 Å². The first-order valence-corrected chi connectivity index (χ1v) is 13.7. The third-order valence-electron chi connectivity index (χ3n) is 8.05. The lowest BCUT2D eigenvalue weighted by Gasteiger charge is -2.38. The molecule has 3 heterocycles. The zero-order valence-corrected chi connectivity index (χ0v) is 22.4. The van der Waals surface area contributed by atoms with Crippen LogP contribution in [0.4, 0.5) is 0 Å². The smallest absolute Gasteiger partial charge is 0.281 e. The van der Waals surface area contributed by atoms with Gasteiger partial charge in [-0.3, -0.25) is 18.9 Å². The van der Waals surface area contributed by atoms with Crippen molar-refractivity contribution in [3.63, 3.8) is 0 Å². The van der Waals surface area contributed by atoms with E-state index in [0.717, 1.165) is 47.0 Å². The van der Waals surface area contributed by atoms with Gasteiger partial charge in [-0.15, -0.1) is 0 Å². The Kier molecular flexibility index (Phi) is 6.60. The van der Waals surface area contributed by atoms with Gasteiger partial charge in [-0.25, -0.2) is 4.98 Å². The van der Waals surface area contributed by atoms with E-state index in [1.807, 2.05) is 31.3 Å². The third-order valence-corrected chi connectivity index (χ3v) is 8.40. The second kappa shape index (κ2) is 9.93. The highest BCUT2D eigenvalue weighted by molar-refractivity contribution is 6.31. The van der Waals surface area contributed by atoms with E-state index in [1.54, 1.807) is 4.68 Å². The van der Waals surface area contributed by atoms with Gasteiger partial charge < -0.3 is 10.8 Å². The molecule has 6 rings (SSSR count). The third kappa shape index (κ3) is 4.89. The maximum Gasteiger partial charge on any atom is 0.281 e. The number of likely N-dealkylation sites (tertiary alicyclic amines) is 1. The molecule has 1 saturated carbocycles. The Morgan fingerprint density at radius 2 is 1.84 bits per heavy atom. The summed E-state index contributed by atoms with van der Waals surface area (Å²) in [5.74, 6) is 0.684. The summed E-state index contributed by atoms with van der Waals surface area (Å²) < 4.78 is 3.19. The second-order valence-electron chi connectivity index (χ2n) is 10.9. The van der Waals surface area contributed by atoms with Crippen molar-refractivity contribution in [2.75, 3.05) is 13.1 Å². The van der Waals surface area contributed by atoms with Crippen molar-refractivity contribution in [2.24, 2.45) is 12.8 Å². The lowest BCUT2D eigenvalue weighted by atomic mass is 9.91. The summed E-state index contributed by atoms with van der Waals surface area (Å²) in [6, 6.07) is 14.3. The van der Waals surface area contributed by atoms with Gasteiger partial charge in [0, 0.05) is 43.8 Å². The number of aryl methyl sites for hydroxylation is 1. The largest absolute Gasteiger partial charge is 0.388 e. The average Bonchev–Trinajstić information content (AvgIpc) is 3.71. The predicted octanol–water partition coefficient (Wildman–Crippen LogP) is 3.81. The summed E-state index contributed by atoms with van der Waals surface area (Å²) in [5, 5.41) is 16.7. The van der Waals surface area contributed by atoms with E-state index in [0.29, 0.717) is 36.3 Å². The number of fused-ring (bicyclic) bond motifs is 1. The zero-order valence-electron chi connectivity index (χ0n) is 21.6. The number of aromatic nitrogens is 4. The van der Waals surface area contributed by atoms with Crippen LogP contribution in [0, 0.1) is 0 Å². The van der Waals surface area contributed by atoms with Crippen LogP contribution in [0.1, 0.15) is 48.3 Å². The summed E-state index contributed by atoms with van der Waals surface area (Å²) in [4.78, 5) is 20.3. The van der Waals surface area contributed by atoms with Crippen LogP contribution < -0.4 is 11.3 Å². The van der Waals surface area contributed by atoms with Crippen LogP contribution in [0.3, 0.4) is 0 Å². The molecule has 38 heavy (non-hydrogen) atoms. The fraction of sp³-hybridized carbons (Fsp3) is 0.414. The number of rotatable bonds is 7. The van der Waals surface area contributed by atoms with Gasteiger partial charge in [-0.1, -0.05) is 48.0 Å². The quantitative estimate of drug-likeness (QED) is 0.375. The van der Waals surface area contributed by atoms with Crippen molar-refractivity contribution in [2.45, 2.75) is 56.8 Å². The Morgan fingerprint density at radius 1 is 1.11 bits per heavy atom. The van der Waals surface area contributed by atoms with Crippen LogP contribution in [0.2, 0.25) is 5.02 Å². The van der Waals surface area contributed by atoms with E-state index in [-0.39, 0.29) is 12.1 Å². The van der Waals surface area contributed by atoms with E-state index < -0.39 is 5.60 Å². The number of nitrogens with zero attached hydrogens (tertiary/aromatic N) is 5. The SMILES string of the molecule is Cn1nc2c(=O)n(CC3(O)CCN(Cc4ccc(C5CC5)cc4Cl)CC3)cnc2c1-c1ccc(CN)cc1. The number of hydrogen-bond acceptors (Lipinski definition) is 6. The van der Waals surface area contributed by atoms with Crippen molar-refractivity contribution >= 4 is 22.6 Å². The Labute approximate surface area is 226 Å². The van der Waals surface area contributed by atoms with Gasteiger partial charge in [-0.05, 0) is 54.4 Å². The van der Waals surface area contributed by atoms with E-state index >= 15 is 0 Å². The maximum absolute atomic E-state index is 13.4. The minimum Gasteiger partial charge on any atom is -0.388 e. The first-order chi connectivity index (χ1) is 18.3. The monoisotopic (exact) mass is 532 g/mol. The van der Waals surface area contributed by atoms with Gasteiger partial charge in [0.1, 0.15) is 5.52 Å². The summed E-state index contributed by atoms with van der Waals surface area (Å²) in [6.07, 6.45) is 5.19. The lowest BCUT2D eigenvalue weighted by molar-refractivity contribution is -0.0364. The van der Waals surface area contributed by atoms with E-state index in [1.165, 1.54) is 29.3 Å². The lowest BCUT2D eigenvalue weighted by Crippen LogP contribution is -2.47. The van der Waals surface area contributed by atoms with E-state index in [2.05, 4.69) is 33.2 Å². The Bertz CT molecular complexity index is 1530. The summed E-state index contributed by atoms with van der Waals surface area (Å²) in [7, 11) is 1.81. The maximum atomic E-state index is 13.4. The molecule has 2 aliphatic rings. The Hall–Kier alpha value is -3.04. The normalized spacial score (nSPS) is 17.8. The molecule has 2 aromatic heterocycles. The summed E-state index contributed by atoms with van der Waals surface area (Å²) in [6.45, 7) is 2.88. The molecule has 2 fully saturated rings. The molecule has 0 radical (unpaired) electrons. The van der Waals surface area contributed by atoms with Gasteiger partial charge >= 0.3 is 0 Å². The highest BCUT2D eigenvalue weighted by Gasteiger charge is 2.34. The molecule has 1 saturated heterocycles. The predicted molar refractivity (Wildman–Crippen MR) is 149 cm³/mol. The van der Waals surface area contributed by atoms with Crippen LogP contribution in [0.25, 0.3) is 22.3 Å². The number of aliphatic hydroxyl groups is 1. The van der Waals surface area contributed by atoms with Crippen LogP contribution in [-0.2, 0) is 26.7 Å². The molecule has 1 aliphatic heterocycles. The number of halogens is 1. The minimum absolute atomic E-state index is 0.191. The van der Waals surface area contributed by atoms with Crippen molar-refractivity contribution in [1.29, 1.82) is 0 Å². The molecule has 8 nitrogen and oxygen atoms in total. The fourth-order valence-electron chi connectivity index (χ4n) is 5.54. The van der Waals surface area contributed by atoms with Gasteiger partial charge in [0.25, 0.3) is 5.56 Å². The molecule has 3 N–H and O–H groups in total. The molecule has 0 spiro atoms. The minimum atomic E-state index is -0.981. The van der Waals surface area contributed by atoms with Gasteiger partial charge in [0.15, 0.2) is 5.52 Å². The molecule has 9 heteroatoms. The summed E-state index contributed by atoms with van der Waals surface area (Å²) in [5.41, 5.74) is 10.6. The van der Waals surface area contributed by atoms with Gasteiger partial charge in [0.2, 0.25) is 0 Å². The number of hydrogen-bond donors (Lipinski definition) is 2. The summed E-state index contributed by atoms with van der Waals surface area (Å²) >= 11 is 6.58. The Balaban J connectivity index is 1.15. The van der Waals surface area contributed by atoms with E-state index in [9.17, 15) is 9.90 Å². The number of nitrogens with two attached hydrogens (primary N) is 1. The molecule has 0 atom stereocenters. The molecule has 198 valence electrons. The number of benzene rings is 2. The molecule has 4 aromatic rings. The second-order valence-corrected chi connectivity index (χ2v) is 11.3. The van der Waals surface area contributed by atoms with Crippen molar-refractivity contribution < 1.29 is 5.11 Å². The van der Waals surface area contributed by atoms with Gasteiger partial charge in [0.05, 0.1) is 24.2 Å². The van der Waals surface area contributed by atoms with Crippen LogP contribution in [0.15, 0.2) is 53.6 Å². The molecular weight excluding hydrogens is 500 g/mol.